The van der Waals surface area contributed by atoms with Gasteiger partial charge in [0.05, 0.1) is 18.6 Å². The summed E-state index contributed by atoms with van der Waals surface area (Å²) in [6, 6.07) is 4.80. The first kappa shape index (κ1) is 17.0. The van der Waals surface area contributed by atoms with Gasteiger partial charge in [-0.05, 0) is 6.07 Å². The summed E-state index contributed by atoms with van der Waals surface area (Å²) in [7, 11) is -2.09. The van der Waals surface area contributed by atoms with Gasteiger partial charge >= 0.3 is 5.97 Å². The van der Waals surface area contributed by atoms with Crippen molar-refractivity contribution in [2.45, 2.75) is 11.0 Å². The Morgan fingerprint density at radius 2 is 2.05 bits per heavy atom. The minimum absolute atomic E-state index is 0.519. The van der Waals surface area contributed by atoms with Crippen LogP contribution in [-0.2, 0) is 19.6 Å². The zero-order valence-corrected chi connectivity index (χ0v) is 12.1. The van der Waals surface area contributed by atoms with Gasteiger partial charge in [-0.2, -0.15) is 4.31 Å². The predicted octanol–water partition coefficient (Wildman–Crippen LogP) is -0.251. The van der Waals surface area contributed by atoms with E-state index in [0.29, 0.717) is 4.31 Å². The number of benzene rings is 1. The molecule has 9 nitrogen and oxygen atoms in total. The van der Waals surface area contributed by atoms with E-state index < -0.39 is 44.1 Å². The molecule has 0 bridgehead atoms. The number of aliphatic hydroxyl groups excluding tert-OH is 1. The fourth-order valence-corrected chi connectivity index (χ4v) is 2.88. The SMILES string of the molecule is COC(=O)C(O)CN(C)S(=O)(=O)c1ccccc1[N+](=O)[O-]. The molecule has 0 aliphatic rings. The van der Waals surface area contributed by atoms with Gasteiger partial charge in [-0.3, -0.25) is 10.1 Å². The Balaban J connectivity index is 3.12. The molecule has 0 heterocycles. The van der Waals surface area contributed by atoms with Crippen molar-refractivity contribution in [1.82, 2.24) is 4.31 Å². The predicted molar refractivity (Wildman–Crippen MR) is 70.9 cm³/mol. The van der Waals surface area contributed by atoms with Crippen LogP contribution in [0.1, 0.15) is 0 Å². The van der Waals surface area contributed by atoms with E-state index in [9.17, 15) is 28.4 Å². The molecular weight excluding hydrogens is 304 g/mol. The third-order valence-corrected chi connectivity index (χ3v) is 4.52. The van der Waals surface area contributed by atoms with Gasteiger partial charge in [-0.25, -0.2) is 13.2 Å². The zero-order chi connectivity index (χ0) is 16.2. The summed E-state index contributed by atoms with van der Waals surface area (Å²) in [5.41, 5.74) is -0.586. The number of nitrogens with zero attached hydrogens (tertiary/aromatic N) is 2. The second-order valence-electron chi connectivity index (χ2n) is 4.05. The van der Waals surface area contributed by atoms with Crippen LogP contribution in [0.4, 0.5) is 5.69 Å². The van der Waals surface area contributed by atoms with Crippen molar-refractivity contribution < 1.29 is 28.0 Å². The average molecular weight is 318 g/mol. The fraction of sp³-hybridized carbons (Fsp3) is 0.364. The third kappa shape index (κ3) is 3.74. The summed E-state index contributed by atoms with van der Waals surface area (Å²) in [6.07, 6.45) is -1.68. The van der Waals surface area contributed by atoms with Crippen molar-refractivity contribution in [3.63, 3.8) is 0 Å². The summed E-state index contributed by atoms with van der Waals surface area (Å²) in [5.74, 6) is -1.00. The maximum absolute atomic E-state index is 12.3. The van der Waals surface area contributed by atoms with Gasteiger partial charge in [0.15, 0.2) is 11.0 Å². The van der Waals surface area contributed by atoms with E-state index in [1.165, 1.54) is 12.1 Å². The van der Waals surface area contributed by atoms with Crippen molar-refractivity contribution in [1.29, 1.82) is 0 Å². The third-order valence-electron chi connectivity index (χ3n) is 2.65. The Kier molecular flexibility index (Phi) is 5.35. The first-order chi connectivity index (χ1) is 9.71. The molecule has 1 atom stereocenters. The Hall–Kier alpha value is -2.04. The molecule has 0 aliphatic heterocycles. The summed E-state index contributed by atoms with van der Waals surface area (Å²) in [6.45, 7) is -0.582. The molecule has 0 aromatic heterocycles. The average Bonchev–Trinajstić information content (AvgIpc) is 2.45. The molecule has 116 valence electrons. The van der Waals surface area contributed by atoms with Gasteiger partial charge in [-0.1, -0.05) is 12.1 Å². The number of methoxy groups -OCH3 is 1. The van der Waals surface area contributed by atoms with Crippen LogP contribution in [0, 0.1) is 10.1 Å². The molecule has 0 spiro atoms. The van der Waals surface area contributed by atoms with Gasteiger partial charge in [0, 0.05) is 13.1 Å². The molecule has 1 N–H and O–H groups in total. The molecule has 1 aromatic carbocycles. The highest BCUT2D eigenvalue weighted by molar-refractivity contribution is 7.89. The molecule has 0 radical (unpaired) electrons. The van der Waals surface area contributed by atoms with Gasteiger partial charge in [0.2, 0.25) is 10.0 Å². The van der Waals surface area contributed by atoms with E-state index in [0.717, 1.165) is 26.3 Å². The molecule has 21 heavy (non-hydrogen) atoms. The van der Waals surface area contributed by atoms with Gasteiger partial charge in [-0.15, -0.1) is 0 Å². The number of nitro benzene ring substituents is 1. The fourth-order valence-electron chi connectivity index (χ4n) is 1.55. The van der Waals surface area contributed by atoms with Crippen molar-refractivity contribution in [3.8, 4) is 0 Å². The van der Waals surface area contributed by atoms with Crippen LogP contribution < -0.4 is 0 Å². The lowest BCUT2D eigenvalue weighted by Crippen LogP contribution is -2.38. The lowest BCUT2D eigenvalue weighted by molar-refractivity contribution is -0.387. The summed E-state index contributed by atoms with van der Waals surface area (Å²) < 4.78 is 29.4. The second-order valence-corrected chi connectivity index (χ2v) is 6.06. The molecule has 10 heteroatoms. The molecule has 0 saturated carbocycles. The van der Waals surface area contributed by atoms with E-state index in [2.05, 4.69) is 4.74 Å². The topological polar surface area (TPSA) is 127 Å². The molecule has 1 aromatic rings. The van der Waals surface area contributed by atoms with Crippen molar-refractivity contribution in [3.05, 3.63) is 34.4 Å². The maximum Gasteiger partial charge on any atom is 0.336 e. The van der Waals surface area contributed by atoms with Crippen LogP contribution in [-0.4, -0.2) is 55.5 Å². The van der Waals surface area contributed by atoms with Crippen LogP contribution in [0.3, 0.4) is 0 Å². The summed E-state index contributed by atoms with van der Waals surface area (Å²) in [4.78, 5) is 20.6. The number of carbonyl (C=O) groups is 1. The summed E-state index contributed by atoms with van der Waals surface area (Å²) in [5, 5.41) is 20.3. The molecule has 1 unspecified atom stereocenters. The van der Waals surface area contributed by atoms with E-state index in [1.54, 1.807) is 0 Å². The Morgan fingerprint density at radius 1 is 1.48 bits per heavy atom. The minimum atomic E-state index is -4.23. The minimum Gasteiger partial charge on any atom is -0.467 e. The van der Waals surface area contributed by atoms with E-state index in [4.69, 9.17) is 0 Å². The zero-order valence-electron chi connectivity index (χ0n) is 11.3. The first-order valence-corrected chi connectivity index (χ1v) is 7.11. The van der Waals surface area contributed by atoms with Crippen molar-refractivity contribution in [2.24, 2.45) is 0 Å². The number of ether oxygens (including phenoxy) is 1. The molecule has 0 amide bonds. The number of likely N-dealkylation sites (N-methyl/N-ethyl adjacent to an activating group) is 1. The number of sulfonamides is 1. The number of para-hydroxylation sites is 1. The number of nitro groups is 1. The Morgan fingerprint density at radius 3 is 2.57 bits per heavy atom. The lowest BCUT2D eigenvalue weighted by atomic mass is 10.3. The number of carbonyl (C=O) groups excluding carboxylic acids is 1. The molecular formula is C11H14N2O7S. The Labute approximate surface area is 120 Å². The maximum atomic E-state index is 12.3. The highest BCUT2D eigenvalue weighted by Crippen LogP contribution is 2.25. The Bertz CT molecular complexity index is 644. The van der Waals surface area contributed by atoms with E-state index >= 15 is 0 Å². The van der Waals surface area contributed by atoms with Gasteiger partial charge < -0.3 is 9.84 Å². The smallest absolute Gasteiger partial charge is 0.336 e. The van der Waals surface area contributed by atoms with Crippen LogP contribution in [0.2, 0.25) is 0 Å². The van der Waals surface area contributed by atoms with Gasteiger partial charge in [0.25, 0.3) is 5.69 Å². The van der Waals surface area contributed by atoms with Crippen molar-refractivity contribution >= 4 is 21.7 Å². The molecule has 0 saturated heterocycles. The molecule has 0 fully saturated rings. The standard InChI is InChI=1S/C11H14N2O7S/c1-12(7-9(14)11(15)20-2)21(18,19)10-6-4-3-5-8(10)13(16)17/h3-6,9,14H,7H2,1-2H3. The highest BCUT2D eigenvalue weighted by Gasteiger charge is 2.31. The van der Waals surface area contributed by atoms with E-state index in [-0.39, 0.29) is 0 Å². The number of esters is 1. The van der Waals surface area contributed by atoms with Crippen LogP contribution in [0.5, 0.6) is 0 Å². The largest absolute Gasteiger partial charge is 0.467 e. The monoisotopic (exact) mass is 318 g/mol. The van der Waals surface area contributed by atoms with Gasteiger partial charge in [0.1, 0.15) is 0 Å². The highest BCUT2D eigenvalue weighted by atomic mass is 32.2. The van der Waals surface area contributed by atoms with E-state index in [1.807, 2.05) is 0 Å². The second kappa shape index (κ2) is 6.61. The lowest BCUT2D eigenvalue weighted by Gasteiger charge is -2.19. The summed E-state index contributed by atoms with van der Waals surface area (Å²) >= 11 is 0. The number of hydrogen-bond donors (Lipinski definition) is 1. The molecule has 0 aliphatic carbocycles. The number of aliphatic hydroxyl groups is 1. The normalized spacial score (nSPS) is 13.0. The van der Waals surface area contributed by atoms with Crippen LogP contribution in [0.15, 0.2) is 29.2 Å². The van der Waals surface area contributed by atoms with Crippen LogP contribution >= 0.6 is 0 Å². The first-order valence-electron chi connectivity index (χ1n) is 5.67. The quantitative estimate of drug-likeness (QED) is 0.435. The molecule has 1 rings (SSSR count). The van der Waals surface area contributed by atoms with Crippen LogP contribution in [0.25, 0.3) is 0 Å². The number of rotatable bonds is 6. The number of hydrogen-bond acceptors (Lipinski definition) is 7. The van der Waals surface area contributed by atoms with Crippen molar-refractivity contribution in [2.75, 3.05) is 20.7 Å².